The molecule has 9 aromatic carbocycles. The van der Waals surface area contributed by atoms with E-state index in [0.29, 0.717) is 17.5 Å². The Bertz CT molecular complexity index is 3410. The average Bonchev–Trinajstić information content (AvgIpc) is 3.87. The molecule has 0 amide bonds. The Morgan fingerprint density at radius 3 is 1.03 bits per heavy atom. The van der Waals surface area contributed by atoms with Crippen molar-refractivity contribution in [2.45, 2.75) is 0 Å². The van der Waals surface area contributed by atoms with Gasteiger partial charge in [0.25, 0.3) is 0 Å². The maximum Gasteiger partial charge on any atom is 0.164 e. The predicted octanol–water partition coefficient (Wildman–Crippen LogP) is 14.4. The van der Waals surface area contributed by atoms with Crippen molar-refractivity contribution >= 4 is 43.6 Å². The molecule has 0 saturated carbocycles. The number of rotatable bonds is 7. The maximum atomic E-state index is 5.24. The first-order chi connectivity index (χ1) is 30.7. The Morgan fingerprint density at radius 2 is 0.581 bits per heavy atom. The highest BCUT2D eigenvalue weighted by Crippen LogP contribution is 2.38. The van der Waals surface area contributed by atoms with Crippen molar-refractivity contribution in [1.29, 1.82) is 0 Å². The number of benzene rings is 9. The maximum absolute atomic E-state index is 5.24. The molecule has 0 saturated heterocycles. The minimum atomic E-state index is 0.610. The van der Waals surface area contributed by atoms with Gasteiger partial charge in [0.1, 0.15) is 0 Å². The molecule has 5 heteroatoms. The molecule has 0 unspecified atom stereocenters. The number of fused-ring (bicyclic) bond motifs is 6. The first-order valence-electron chi connectivity index (χ1n) is 20.9. The number of para-hydroxylation sites is 2. The molecule has 0 bridgehead atoms. The van der Waals surface area contributed by atoms with E-state index in [1.54, 1.807) is 0 Å². The Balaban J connectivity index is 0.996. The van der Waals surface area contributed by atoms with E-state index in [2.05, 4.69) is 215 Å². The smallest absolute Gasteiger partial charge is 0.164 e. The van der Waals surface area contributed by atoms with Crippen LogP contribution in [0.2, 0.25) is 0 Å². The van der Waals surface area contributed by atoms with Crippen molar-refractivity contribution in [3.63, 3.8) is 0 Å². The highest BCUT2D eigenvalue weighted by atomic mass is 15.0. The van der Waals surface area contributed by atoms with Gasteiger partial charge >= 0.3 is 0 Å². The van der Waals surface area contributed by atoms with Crippen molar-refractivity contribution in [2.24, 2.45) is 0 Å². The van der Waals surface area contributed by atoms with Crippen LogP contribution in [0.4, 0.5) is 0 Å². The van der Waals surface area contributed by atoms with Crippen molar-refractivity contribution in [2.75, 3.05) is 0 Å². The lowest BCUT2D eigenvalue weighted by Gasteiger charge is -2.13. The molecule has 0 radical (unpaired) electrons. The fourth-order valence-corrected chi connectivity index (χ4v) is 9.04. The number of hydrogen-bond acceptors (Lipinski definition) is 3. The Labute approximate surface area is 358 Å². The van der Waals surface area contributed by atoms with Gasteiger partial charge in [0.15, 0.2) is 17.5 Å². The second-order valence-electron chi connectivity index (χ2n) is 15.7. The van der Waals surface area contributed by atoms with Crippen LogP contribution in [0.5, 0.6) is 0 Å². The molecule has 12 rings (SSSR count). The standard InChI is InChI=1S/C57H37N5/c1-4-16-38(17-5-1)41-30-32-53-49(36-41)47-26-10-12-28-51(47)61(53)45-24-14-22-43(34-45)56-58-55(40-20-8-3-9-21-40)59-57(60-56)44-23-15-25-46(35-44)62-52-29-13-11-27-48(52)50-37-42(31-33-54(50)62)39-18-6-2-7-19-39/h1-37H. The molecule has 12 aromatic rings. The van der Waals surface area contributed by atoms with E-state index in [1.165, 1.54) is 43.8 Å². The Morgan fingerprint density at radius 1 is 0.226 bits per heavy atom. The van der Waals surface area contributed by atoms with Gasteiger partial charge in [0.05, 0.1) is 22.1 Å². The minimum absolute atomic E-state index is 0.610. The van der Waals surface area contributed by atoms with Gasteiger partial charge in [-0.15, -0.1) is 0 Å². The van der Waals surface area contributed by atoms with Crippen LogP contribution in [0, 0.1) is 0 Å². The summed E-state index contributed by atoms with van der Waals surface area (Å²) in [4.78, 5) is 15.5. The molecule has 0 aliphatic rings. The minimum Gasteiger partial charge on any atom is -0.309 e. The Hall–Kier alpha value is -8.41. The molecule has 0 fully saturated rings. The molecule has 0 aliphatic carbocycles. The molecule has 5 nitrogen and oxygen atoms in total. The van der Waals surface area contributed by atoms with Crippen LogP contribution in [0.25, 0.3) is 111 Å². The molecule has 0 spiro atoms. The first-order valence-corrected chi connectivity index (χ1v) is 20.9. The normalized spacial score (nSPS) is 11.5. The van der Waals surface area contributed by atoms with E-state index in [4.69, 9.17) is 15.0 Å². The zero-order chi connectivity index (χ0) is 41.0. The van der Waals surface area contributed by atoms with Crippen LogP contribution in [0.3, 0.4) is 0 Å². The van der Waals surface area contributed by atoms with E-state index >= 15 is 0 Å². The van der Waals surface area contributed by atoms with Crippen LogP contribution in [0.1, 0.15) is 0 Å². The summed E-state index contributed by atoms with van der Waals surface area (Å²) in [6.07, 6.45) is 0. The van der Waals surface area contributed by atoms with Crippen molar-refractivity contribution in [1.82, 2.24) is 24.1 Å². The summed E-state index contributed by atoms with van der Waals surface area (Å²) < 4.78 is 4.70. The predicted molar refractivity (Wildman–Crippen MR) is 256 cm³/mol. The monoisotopic (exact) mass is 791 g/mol. The topological polar surface area (TPSA) is 48.5 Å². The summed E-state index contributed by atoms with van der Waals surface area (Å²) in [5.41, 5.74) is 14.2. The molecule has 3 heterocycles. The van der Waals surface area contributed by atoms with Crippen molar-refractivity contribution in [3.05, 3.63) is 224 Å². The summed E-state index contributed by atoms with van der Waals surface area (Å²) in [5.74, 6) is 1.84. The summed E-state index contributed by atoms with van der Waals surface area (Å²) in [6, 6.07) is 79.3. The lowest BCUT2D eigenvalue weighted by molar-refractivity contribution is 1.07. The zero-order valence-corrected chi connectivity index (χ0v) is 33.6. The molecule has 3 aromatic heterocycles. The van der Waals surface area contributed by atoms with Crippen molar-refractivity contribution in [3.8, 4) is 67.8 Å². The fourth-order valence-electron chi connectivity index (χ4n) is 9.04. The van der Waals surface area contributed by atoms with Crippen LogP contribution < -0.4 is 0 Å². The molecule has 0 atom stereocenters. The summed E-state index contributed by atoms with van der Waals surface area (Å²) in [7, 11) is 0. The van der Waals surface area contributed by atoms with Gasteiger partial charge < -0.3 is 9.13 Å². The summed E-state index contributed by atoms with van der Waals surface area (Å²) in [5, 5.41) is 4.83. The summed E-state index contributed by atoms with van der Waals surface area (Å²) in [6.45, 7) is 0. The highest BCUT2D eigenvalue weighted by molar-refractivity contribution is 6.11. The van der Waals surface area contributed by atoms with Gasteiger partial charge in [-0.05, 0) is 82.9 Å². The van der Waals surface area contributed by atoms with Crippen LogP contribution >= 0.6 is 0 Å². The van der Waals surface area contributed by atoms with E-state index in [9.17, 15) is 0 Å². The molecule has 0 N–H and O–H groups in total. The van der Waals surface area contributed by atoms with E-state index in [0.717, 1.165) is 50.1 Å². The average molecular weight is 792 g/mol. The van der Waals surface area contributed by atoms with Gasteiger partial charge in [-0.2, -0.15) is 0 Å². The first kappa shape index (κ1) is 35.5. The third-order valence-electron chi connectivity index (χ3n) is 12.0. The second-order valence-corrected chi connectivity index (χ2v) is 15.7. The number of aromatic nitrogens is 5. The molecule has 290 valence electrons. The second kappa shape index (κ2) is 14.7. The van der Waals surface area contributed by atoms with Crippen LogP contribution in [0.15, 0.2) is 224 Å². The van der Waals surface area contributed by atoms with Crippen LogP contribution in [-0.2, 0) is 0 Å². The lowest BCUT2D eigenvalue weighted by Crippen LogP contribution is -2.02. The molecular weight excluding hydrogens is 755 g/mol. The third-order valence-corrected chi connectivity index (χ3v) is 12.0. The van der Waals surface area contributed by atoms with E-state index < -0.39 is 0 Å². The molecular formula is C57H37N5. The number of hydrogen-bond donors (Lipinski definition) is 0. The van der Waals surface area contributed by atoms with E-state index in [1.807, 2.05) is 18.2 Å². The highest BCUT2D eigenvalue weighted by Gasteiger charge is 2.18. The fraction of sp³-hybridized carbons (Fsp3) is 0. The zero-order valence-electron chi connectivity index (χ0n) is 33.6. The largest absolute Gasteiger partial charge is 0.309 e. The summed E-state index contributed by atoms with van der Waals surface area (Å²) >= 11 is 0. The SMILES string of the molecule is c1ccc(-c2ccc3c(c2)c2ccccc2n3-c2cccc(-c3nc(-c4ccccc4)nc(-c4cccc(-n5c6ccccc6c6cc(-c7ccccc7)ccc65)c4)n3)c2)cc1. The molecule has 0 aliphatic heterocycles. The van der Waals surface area contributed by atoms with Gasteiger partial charge in [-0.25, -0.2) is 15.0 Å². The van der Waals surface area contributed by atoms with Crippen LogP contribution in [-0.4, -0.2) is 24.1 Å². The van der Waals surface area contributed by atoms with Gasteiger partial charge in [0.2, 0.25) is 0 Å². The Kier molecular flexibility index (Phi) is 8.42. The van der Waals surface area contributed by atoms with Gasteiger partial charge in [0, 0.05) is 49.6 Å². The third kappa shape index (κ3) is 6.06. The van der Waals surface area contributed by atoms with Gasteiger partial charge in [-0.3, -0.25) is 0 Å². The van der Waals surface area contributed by atoms with Crippen molar-refractivity contribution < 1.29 is 0 Å². The van der Waals surface area contributed by atoms with E-state index in [-0.39, 0.29) is 0 Å². The lowest BCUT2D eigenvalue weighted by atomic mass is 10.0. The molecule has 62 heavy (non-hydrogen) atoms. The quantitative estimate of drug-likeness (QED) is 0.162. The number of nitrogens with zero attached hydrogens (tertiary/aromatic N) is 5. The van der Waals surface area contributed by atoms with Gasteiger partial charge in [-0.1, -0.05) is 164 Å².